The molecule has 19 heavy (non-hydrogen) atoms. The molecule has 0 fully saturated rings. The first-order valence-electron chi connectivity index (χ1n) is 7.06. The third-order valence-corrected chi connectivity index (χ3v) is 2.95. The van der Waals surface area contributed by atoms with Crippen molar-refractivity contribution in [2.45, 2.75) is 26.2 Å². The number of rotatable bonds is 10. The van der Waals surface area contributed by atoms with Crippen molar-refractivity contribution in [3.63, 3.8) is 0 Å². The van der Waals surface area contributed by atoms with Crippen LogP contribution in [0.1, 0.15) is 26.2 Å². The van der Waals surface area contributed by atoms with Crippen molar-refractivity contribution in [1.82, 2.24) is 0 Å². The first kappa shape index (κ1) is 15.9. The van der Waals surface area contributed by atoms with E-state index in [2.05, 4.69) is 11.8 Å². The number of hydrogen-bond donors (Lipinski definition) is 1. The first-order valence-corrected chi connectivity index (χ1v) is 7.06. The number of benzene rings is 1. The van der Waals surface area contributed by atoms with Gasteiger partial charge in [-0.2, -0.15) is 0 Å². The highest BCUT2D eigenvalue weighted by Crippen LogP contribution is 2.15. The van der Waals surface area contributed by atoms with E-state index in [0.717, 1.165) is 44.6 Å². The lowest BCUT2D eigenvalue weighted by Crippen LogP contribution is -2.30. The van der Waals surface area contributed by atoms with Gasteiger partial charge in [0, 0.05) is 25.4 Å². The SMILES string of the molecule is CCCCOCCN(CCCN)c1cccc(F)c1. The maximum Gasteiger partial charge on any atom is 0.125 e. The van der Waals surface area contributed by atoms with Gasteiger partial charge < -0.3 is 15.4 Å². The van der Waals surface area contributed by atoms with Crippen LogP contribution in [0.25, 0.3) is 0 Å². The van der Waals surface area contributed by atoms with Gasteiger partial charge in [-0.1, -0.05) is 19.4 Å². The summed E-state index contributed by atoms with van der Waals surface area (Å²) in [5.74, 6) is -0.206. The van der Waals surface area contributed by atoms with Crippen LogP contribution in [-0.4, -0.2) is 32.8 Å². The number of anilines is 1. The van der Waals surface area contributed by atoms with Crippen LogP contribution in [0.2, 0.25) is 0 Å². The molecule has 0 saturated heterocycles. The molecule has 0 aliphatic heterocycles. The molecule has 1 aromatic rings. The summed E-state index contributed by atoms with van der Waals surface area (Å²) in [4.78, 5) is 2.13. The Labute approximate surface area is 115 Å². The standard InChI is InChI=1S/C15H25FN2O/c1-2-3-11-19-12-10-18(9-5-8-17)15-7-4-6-14(16)13-15/h4,6-7,13H,2-3,5,8-12,17H2,1H3. The van der Waals surface area contributed by atoms with Crippen molar-refractivity contribution in [3.8, 4) is 0 Å². The molecule has 0 bridgehead atoms. The minimum atomic E-state index is -0.206. The molecular formula is C15H25FN2O. The summed E-state index contributed by atoms with van der Waals surface area (Å²) < 4.78 is 18.8. The van der Waals surface area contributed by atoms with E-state index in [1.165, 1.54) is 6.07 Å². The van der Waals surface area contributed by atoms with E-state index >= 15 is 0 Å². The zero-order valence-corrected chi connectivity index (χ0v) is 11.8. The lowest BCUT2D eigenvalue weighted by molar-refractivity contribution is 0.137. The average Bonchev–Trinajstić information content (AvgIpc) is 2.42. The minimum Gasteiger partial charge on any atom is -0.380 e. The van der Waals surface area contributed by atoms with E-state index in [9.17, 15) is 4.39 Å². The van der Waals surface area contributed by atoms with E-state index in [0.29, 0.717) is 13.2 Å². The molecule has 4 heteroatoms. The van der Waals surface area contributed by atoms with Gasteiger partial charge in [0.05, 0.1) is 6.61 Å². The molecular weight excluding hydrogens is 243 g/mol. The maximum atomic E-state index is 13.3. The Kier molecular flexibility index (Phi) is 8.18. The van der Waals surface area contributed by atoms with Crippen LogP contribution in [0.15, 0.2) is 24.3 Å². The quantitative estimate of drug-likeness (QED) is 0.663. The highest BCUT2D eigenvalue weighted by Gasteiger charge is 2.06. The predicted octanol–water partition coefficient (Wildman–Crippen LogP) is 2.80. The lowest BCUT2D eigenvalue weighted by atomic mass is 10.2. The minimum absolute atomic E-state index is 0.206. The predicted molar refractivity (Wildman–Crippen MR) is 78.0 cm³/mol. The van der Waals surface area contributed by atoms with Crippen molar-refractivity contribution in [3.05, 3.63) is 30.1 Å². The van der Waals surface area contributed by atoms with Crippen molar-refractivity contribution in [2.24, 2.45) is 5.73 Å². The Morgan fingerprint density at radius 2 is 2.05 bits per heavy atom. The van der Waals surface area contributed by atoms with E-state index in [1.54, 1.807) is 12.1 Å². The number of unbranched alkanes of at least 4 members (excludes halogenated alkanes) is 1. The topological polar surface area (TPSA) is 38.5 Å². The molecule has 0 spiro atoms. The molecule has 3 nitrogen and oxygen atoms in total. The molecule has 1 aromatic carbocycles. The second-order valence-electron chi connectivity index (χ2n) is 4.58. The molecule has 108 valence electrons. The summed E-state index contributed by atoms with van der Waals surface area (Å²) in [6.45, 7) is 5.85. The summed E-state index contributed by atoms with van der Waals surface area (Å²) in [5, 5.41) is 0. The molecule has 0 radical (unpaired) electrons. The van der Waals surface area contributed by atoms with Crippen molar-refractivity contribution in [2.75, 3.05) is 37.7 Å². The summed E-state index contributed by atoms with van der Waals surface area (Å²) in [6.07, 6.45) is 3.12. The molecule has 0 heterocycles. The van der Waals surface area contributed by atoms with Gasteiger partial charge in [-0.3, -0.25) is 0 Å². The number of hydrogen-bond acceptors (Lipinski definition) is 3. The number of ether oxygens (including phenoxy) is 1. The number of nitrogens with two attached hydrogens (primary N) is 1. The molecule has 0 unspecified atom stereocenters. The third-order valence-electron chi connectivity index (χ3n) is 2.95. The van der Waals surface area contributed by atoms with Crippen LogP contribution >= 0.6 is 0 Å². The Balaban J connectivity index is 2.47. The second-order valence-corrected chi connectivity index (χ2v) is 4.58. The smallest absolute Gasteiger partial charge is 0.125 e. The molecule has 0 saturated carbocycles. The molecule has 2 N–H and O–H groups in total. The average molecular weight is 268 g/mol. The fourth-order valence-electron chi connectivity index (χ4n) is 1.85. The Hall–Kier alpha value is -1.13. The van der Waals surface area contributed by atoms with Crippen molar-refractivity contribution < 1.29 is 9.13 Å². The van der Waals surface area contributed by atoms with Crippen molar-refractivity contribution in [1.29, 1.82) is 0 Å². The molecule has 0 amide bonds. The van der Waals surface area contributed by atoms with Gasteiger partial charge >= 0.3 is 0 Å². The van der Waals surface area contributed by atoms with Gasteiger partial charge in [0.2, 0.25) is 0 Å². The molecule has 0 aliphatic carbocycles. The van der Waals surface area contributed by atoms with E-state index in [4.69, 9.17) is 10.5 Å². The zero-order valence-electron chi connectivity index (χ0n) is 11.8. The van der Waals surface area contributed by atoms with Crippen LogP contribution in [-0.2, 0) is 4.74 Å². The normalized spacial score (nSPS) is 10.7. The maximum absolute atomic E-state index is 13.3. The lowest BCUT2D eigenvalue weighted by Gasteiger charge is -2.24. The number of nitrogens with zero attached hydrogens (tertiary/aromatic N) is 1. The summed E-state index contributed by atoms with van der Waals surface area (Å²) in [5.41, 5.74) is 6.44. The van der Waals surface area contributed by atoms with Gasteiger partial charge in [0.1, 0.15) is 5.82 Å². The third kappa shape index (κ3) is 6.55. The van der Waals surface area contributed by atoms with Gasteiger partial charge in [-0.15, -0.1) is 0 Å². The fourth-order valence-corrected chi connectivity index (χ4v) is 1.85. The van der Waals surface area contributed by atoms with Gasteiger partial charge in [-0.05, 0) is 37.6 Å². The summed E-state index contributed by atoms with van der Waals surface area (Å²) in [7, 11) is 0. The van der Waals surface area contributed by atoms with Crippen LogP contribution in [0, 0.1) is 5.82 Å². The van der Waals surface area contributed by atoms with Crippen LogP contribution in [0.4, 0.5) is 10.1 Å². The fraction of sp³-hybridized carbons (Fsp3) is 0.600. The van der Waals surface area contributed by atoms with Gasteiger partial charge in [0.25, 0.3) is 0 Å². The van der Waals surface area contributed by atoms with Gasteiger partial charge in [0.15, 0.2) is 0 Å². The highest BCUT2D eigenvalue weighted by molar-refractivity contribution is 5.46. The van der Waals surface area contributed by atoms with E-state index < -0.39 is 0 Å². The summed E-state index contributed by atoms with van der Waals surface area (Å²) in [6, 6.07) is 6.68. The molecule has 0 aromatic heterocycles. The largest absolute Gasteiger partial charge is 0.380 e. The first-order chi connectivity index (χ1) is 9.27. The monoisotopic (exact) mass is 268 g/mol. The Bertz CT molecular complexity index is 347. The highest BCUT2D eigenvalue weighted by atomic mass is 19.1. The molecule has 0 atom stereocenters. The second kappa shape index (κ2) is 9.75. The molecule has 1 rings (SSSR count). The van der Waals surface area contributed by atoms with Crippen LogP contribution < -0.4 is 10.6 Å². The van der Waals surface area contributed by atoms with E-state index in [1.807, 2.05) is 6.07 Å². The van der Waals surface area contributed by atoms with E-state index in [-0.39, 0.29) is 5.82 Å². The Morgan fingerprint density at radius 3 is 2.74 bits per heavy atom. The Morgan fingerprint density at radius 1 is 1.21 bits per heavy atom. The van der Waals surface area contributed by atoms with Gasteiger partial charge in [-0.25, -0.2) is 4.39 Å². The van der Waals surface area contributed by atoms with Crippen molar-refractivity contribution >= 4 is 5.69 Å². The summed E-state index contributed by atoms with van der Waals surface area (Å²) >= 11 is 0. The van der Waals surface area contributed by atoms with Crippen LogP contribution in [0.5, 0.6) is 0 Å². The zero-order chi connectivity index (χ0) is 13.9. The molecule has 0 aliphatic rings. The van der Waals surface area contributed by atoms with Crippen LogP contribution in [0.3, 0.4) is 0 Å². The number of halogens is 1.